The molecule has 2 aromatic rings. The monoisotopic (exact) mass is 286 g/mol. The summed E-state index contributed by atoms with van der Waals surface area (Å²) in [6.45, 7) is 4.93. The highest BCUT2D eigenvalue weighted by Gasteiger charge is 2.16. The van der Waals surface area contributed by atoms with Crippen LogP contribution < -0.4 is 11.1 Å². The average Bonchev–Trinajstić information content (AvgIpc) is 2.97. The quantitative estimate of drug-likeness (QED) is 0.846. The summed E-state index contributed by atoms with van der Waals surface area (Å²) < 4.78 is 1.87. The van der Waals surface area contributed by atoms with E-state index >= 15 is 0 Å². The van der Waals surface area contributed by atoms with E-state index in [0.29, 0.717) is 6.54 Å². The summed E-state index contributed by atoms with van der Waals surface area (Å²) >= 11 is 0. The maximum absolute atomic E-state index is 11.9. The Bertz CT molecular complexity index is 578. The van der Waals surface area contributed by atoms with Crippen molar-refractivity contribution >= 4 is 5.91 Å². The summed E-state index contributed by atoms with van der Waals surface area (Å²) in [5, 5.41) is 7.12. The van der Waals surface area contributed by atoms with Gasteiger partial charge in [0.25, 0.3) is 0 Å². The predicted octanol–water partition coefficient (Wildman–Crippen LogP) is 1.53. The largest absolute Gasteiger partial charge is 0.352 e. The van der Waals surface area contributed by atoms with Gasteiger partial charge in [-0.15, -0.1) is 0 Å². The number of aromatic nitrogens is 2. The summed E-state index contributed by atoms with van der Waals surface area (Å²) in [5.74, 6) is -0.195. The fourth-order valence-electron chi connectivity index (χ4n) is 2.01. The number of hydrogen-bond donors (Lipinski definition) is 2. The molecule has 0 spiro atoms. The Morgan fingerprint density at radius 2 is 2.10 bits per heavy atom. The van der Waals surface area contributed by atoms with Crippen LogP contribution in [-0.4, -0.2) is 21.7 Å². The van der Waals surface area contributed by atoms with Crippen LogP contribution in [0.3, 0.4) is 0 Å². The van der Waals surface area contributed by atoms with Gasteiger partial charge in [0.1, 0.15) is 0 Å². The van der Waals surface area contributed by atoms with Gasteiger partial charge in [0.2, 0.25) is 5.91 Å². The Morgan fingerprint density at radius 3 is 2.76 bits per heavy atom. The number of nitrogens with one attached hydrogen (secondary N) is 1. The number of carbonyl (C=O) groups is 1. The van der Waals surface area contributed by atoms with E-state index in [4.69, 9.17) is 5.73 Å². The molecular formula is C16H22N4O. The van der Waals surface area contributed by atoms with Crippen molar-refractivity contribution in [3.63, 3.8) is 0 Å². The van der Waals surface area contributed by atoms with Gasteiger partial charge in [-0.1, -0.05) is 31.2 Å². The van der Waals surface area contributed by atoms with Crippen molar-refractivity contribution in [3.05, 3.63) is 53.9 Å². The number of nitrogens with two attached hydrogens (primary N) is 1. The molecule has 2 atom stereocenters. The molecular weight excluding hydrogens is 264 g/mol. The zero-order chi connectivity index (χ0) is 15.2. The molecule has 5 nitrogen and oxygen atoms in total. The molecule has 0 radical (unpaired) electrons. The highest BCUT2D eigenvalue weighted by atomic mass is 16.1. The highest BCUT2D eigenvalue weighted by molar-refractivity contribution is 5.78. The summed E-state index contributed by atoms with van der Waals surface area (Å²) in [7, 11) is 0. The van der Waals surface area contributed by atoms with Crippen LogP contribution in [0.5, 0.6) is 0 Å². The van der Waals surface area contributed by atoms with Crippen LogP contribution in [-0.2, 0) is 17.9 Å². The number of hydrogen-bond acceptors (Lipinski definition) is 3. The number of rotatable bonds is 6. The van der Waals surface area contributed by atoms with Gasteiger partial charge in [0, 0.05) is 30.9 Å². The van der Waals surface area contributed by atoms with Crippen molar-refractivity contribution in [1.29, 1.82) is 0 Å². The normalized spacial score (nSPS) is 13.7. The summed E-state index contributed by atoms with van der Waals surface area (Å²) in [6.07, 6.45) is 3.69. The van der Waals surface area contributed by atoms with Crippen LogP contribution in [0.4, 0.5) is 0 Å². The van der Waals surface area contributed by atoms with E-state index in [9.17, 15) is 4.79 Å². The standard InChI is InChI=1S/C16H22N4O/c1-12(13(2)17)16(21)18-10-14-5-3-6-15(9-14)11-20-8-4-7-19-20/h3-9,12-13H,10-11,17H2,1-2H3,(H,18,21). The van der Waals surface area contributed by atoms with Gasteiger partial charge in [-0.25, -0.2) is 0 Å². The minimum Gasteiger partial charge on any atom is -0.352 e. The van der Waals surface area contributed by atoms with E-state index in [1.807, 2.05) is 42.9 Å². The lowest BCUT2D eigenvalue weighted by Crippen LogP contribution is -2.38. The fourth-order valence-corrected chi connectivity index (χ4v) is 2.01. The van der Waals surface area contributed by atoms with Gasteiger partial charge >= 0.3 is 0 Å². The molecule has 0 bridgehead atoms. The summed E-state index contributed by atoms with van der Waals surface area (Å²) in [5.41, 5.74) is 7.97. The minimum atomic E-state index is -0.183. The van der Waals surface area contributed by atoms with E-state index in [1.54, 1.807) is 6.20 Å². The molecule has 1 amide bonds. The maximum Gasteiger partial charge on any atom is 0.224 e. The molecule has 0 aliphatic rings. The number of carbonyl (C=O) groups excluding carboxylic acids is 1. The summed E-state index contributed by atoms with van der Waals surface area (Å²) in [6, 6.07) is 9.89. The topological polar surface area (TPSA) is 72.9 Å². The van der Waals surface area contributed by atoms with E-state index in [1.165, 1.54) is 0 Å². The Kier molecular flexibility index (Phi) is 5.11. The van der Waals surface area contributed by atoms with Crippen LogP contribution in [0.15, 0.2) is 42.7 Å². The third kappa shape index (κ3) is 4.43. The first-order valence-corrected chi connectivity index (χ1v) is 7.15. The van der Waals surface area contributed by atoms with Crippen LogP contribution in [0.2, 0.25) is 0 Å². The number of nitrogens with zero attached hydrogens (tertiary/aromatic N) is 2. The zero-order valence-electron chi connectivity index (χ0n) is 12.5. The number of benzene rings is 1. The van der Waals surface area contributed by atoms with Crippen LogP contribution in [0, 0.1) is 5.92 Å². The van der Waals surface area contributed by atoms with E-state index in [2.05, 4.69) is 22.5 Å². The third-order valence-corrected chi connectivity index (χ3v) is 3.56. The molecule has 0 aliphatic heterocycles. The summed E-state index contributed by atoms with van der Waals surface area (Å²) in [4.78, 5) is 11.9. The third-order valence-electron chi connectivity index (χ3n) is 3.56. The van der Waals surface area contributed by atoms with E-state index < -0.39 is 0 Å². The Balaban J connectivity index is 1.93. The fraction of sp³-hybridized carbons (Fsp3) is 0.375. The molecule has 0 saturated heterocycles. The van der Waals surface area contributed by atoms with Gasteiger partial charge in [-0.3, -0.25) is 9.48 Å². The van der Waals surface area contributed by atoms with Crippen molar-refractivity contribution in [1.82, 2.24) is 15.1 Å². The smallest absolute Gasteiger partial charge is 0.224 e. The van der Waals surface area contributed by atoms with Crippen molar-refractivity contribution < 1.29 is 4.79 Å². The molecule has 0 aliphatic carbocycles. The SMILES string of the molecule is CC(N)C(C)C(=O)NCc1cccc(Cn2cccn2)c1. The van der Waals surface area contributed by atoms with Crippen molar-refractivity contribution in [3.8, 4) is 0 Å². The molecule has 112 valence electrons. The molecule has 5 heteroatoms. The van der Waals surface area contributed by atoms with Gasteiger partial charge in [0.15, 0.2) is 0 Å². The highest BCUT2D eigenvalue weighted by Crippen LogP contribution is 2.08. The van der Waals surface area contributed by atoms with Crippen LogP contribution in [0.1, 0.15) is 25.0 Å². The van der Waals surface area contributed by atoms with Gasteiger partial charge in [-0.05, 0) is 24.1 Å². The van der Waals surface area contributed by atoms with Gasteiger partial charge < -0.3 is 11.1 Å². The average molecular weight is 286 g/mol. The minimum absolute atomic E-state index is 0.0116. The van der Waals surface area contributed by atoms with Crippen molar-refractivity contribution in [2.24, 2.45) is 11.7 Å². The first-order valence-electron chi connectivity index (χ1n) is 7.15. The van der Waals surface area contributed by atoms with Crippen LogP contribution in [0.25, 0.3) is 0 Å². The zero-order valence-corrected chi connectivity index (χ0v) is 12.5. The van der Waals surface area contributed by atoms with Gasteiger partial charge in [-0.2, -0.15) is 5.10 Å². The second-order valence-corrected chi connectivity index (χ2v) is 5.39. The first kappa shape index (κ1) is 15.3. The van der Waals surface area contributed by atoms with Crippen molar-refractivity contribution in [2.45, 2.75) is 33.0 Å². The molecule has 3 N–H and O–H groups in total. The molecule has 1 heterocycles. The molecule has 2 unspecified atom stereocenters. The lowest BCUT2D eigenvalue weighted by molar-refractivity contribution is -0.125. The molecule has 21 heavy (non-hydrogen) atoms. The lowest BCUT2D eigenvalue weighted by atomic mass is 10.0. The van der Waals surface area contributed by atoms with Crippen LogP contribution >= 0.6 is 0 Å². The lowest BCUT2D eigenvalue weighted by Gasteiger charge is -2.15. The van der Waals surface area contributed by atoms with Crippen molar-refractivity contribution in [2.75, 3.05) is 0 Å². The molecule has 1 aromatic carbocycles. The van der Waals surface area contributed by atoms with E-state index in [-0.39, 0.29) is 17.9 Å². The first-order chi connectivity index (χ1) is 10.1. The Morgan fingerprint density at radius 1 is 1.33 bits per heavy atom. The second-order valence-electron chi connectivity index (χ2n) is 5.39. The Labute approximate surface area is 125 Å². The Hall–Kier alpha value is -2.14. The maximum atomic E-state index is 11.9. The molecule has 0 fully saturated rings. The van der Waals surface area contributed by atoms with Gasteiger partial charge in [0.05, 0.1) is 6.54 Å². The molecule has 2 rings (SSSR count). The number of amides is 1. The molecule has 1 aromatic heterocycles. The molecule has 0 saturated carbocycles. The predicted molar refractivity (Wildman–Crippen MR) is 82.4 cm³/mol. The van der Waals surface area contributed by atoms with E-state index in [0.717, 1.165) is 17.7 Å². The second kappa shape index (κ2) is 7.04.